The summed E-state index contributed by atoms with van der Waals surface area (Å²) in [6.07, 6.45) is 1.68. The molecule has 0 heterocycles. The third-order valence-electron chi connectivity index (χ3n) is 2.94. The molecule has 0 bridgehead atoms. The van der Waals surface area contributed by atoms with E-state index >= 15 is 0 Å². The maximum atomic E-state index is 13.4. The average molecular weight is 289 g/mol. The van der Waals surface area contributed by atoms with E-state index in [9.17, 15) is 8.78 Å². The second-order valence-corrected chi connectivity index (χ2v) is 4.58. The van der Waals surface area contributed by atoms with Crippen molar-refractivity contribution in [2.24, 2.45) is 0 Å². The molecule has 21 heavy (non-hydrogen) atoms. The fraction of sp³-hybridized carbons (Fsp3) is 0.176. The molecule has 110 valence electrons. The summed E-state index contributed by atoms with van der Waals surface area (Å²) in [5.74, 6) is -0.0659. The van der Waals surface area contributed by atoms with Gasteiger partial charge in [0.25, 0.3) is 0 Å². The van der Waals surface area contributed by atoms with E-state index in [4.69, 9.17) is 4.74 Å². The van der Waals surface area contributed by atoms with Gasteiger partial charge in [-0.2, -0.15) is 0 Å². The Bertz CT molecular complexity index is 596. The van der Waals surface area contributed by atoms with Crippen LogP contribution in [0.1, 0.15) is 11.1 Å². The molecule has 1 N–H and O–H groups in total. The molecular formula is C17H17F2NO. The van der Waals surface area contributed by atoms with Gasteiger partial charge in [0.05, 0.1) is 0 Å². The summed E-state index contributed by atoms with van der Waals surface area (Å²) in [7, 11) is 0. The molecule has 0 aliphatic heterocycles. The maximum absolute atomic E-state index is 13.4. The predicted octanol–water partition coefficient (Wildman–Crippen LogP) is 3.82. The first-order chi connectivity index (χ1) is 10.2. The van der Waals surface area contributed by atoms with Gasteiger partial charge in [0.15, 0.2) is 0 Å². The number of nitrogens with one attached hydrogen (secondary N) is 1. The van der Waals surface area contributed by atoms with E-state index in [2.05, 4.69) is 11.9 Å². The van der Waals surface area contributed by atoms with Crippen molar-refractivity contribution in [1.82, 2.24) is 5.32 Å². The zero-order valence-corrected chi connectivity index (χ0v) is 11.6. The smallest absolute Gasteiger partial charge is 0.127 e. The first-order valence-electron chi connectivity index (χ1n) is 6.66. The molecule has 2 nitrogen and oxygen atoms in total. The van der Waals surface area contributed by atoms with Crippen molar-refractivity contribution in [2.75, 3.05) is 6.61 Å². The van der Waals surface area contributed by atoms with Crippen LogP contribution in [0.3, 0.4) is 0 Å². The third kappa shape index (κ3) is 4.68. The summed E-state index contributed by atoms with van der Waals surface area (Å²) in [4.78, 5) is 0. The summed E-state index contributed by atoms with van der Waals surface area (Å²) in [6.45, 7) is 4.90. The largest absolute Gasteiger partial charge is 0.490 e. The van der Waals surface area contributed by atoms with Crippen molar-refractivity contribution in [3.63, 3.8) is 0 Å². The molecule has 0 fully saturated rings. The predicted molar refractivity (Wildman–Crippen MR) is 79.0 cm³/mol. The molecule has 0 radical (unpaired) electrons. The minimum absolute atomic E-state index is 0.276. The lowest BCUT2D eigenvalue weighted by Gasteiger charge is -2.08. The van der Waals surface area contributed by atoms with Crippen molar-refractivity contribution < 1.29 is 13.5 Å². The molecule has 0 unspecified atom stereocenters. The minimum Gasteiger partial charge on any atom is -0.490 e. The number of benzene rings is 2. The van der Waals surface area contributed by atoms with Gasteiger partial charge in [0, 0.05) is 18.7 Å². The van der Waals surface area contributed by atoms with Gasteiger partial charge in [-0.05, 0) is 35.9 Å². The van der Waals surface area contributed by atoms with Crippen LogP contribution in [0.2, 0.25) is 0 Å². The number of hydrogen-bond acceptors (Lipinski definition) is 2. The van der Waals surface area contributed by atoms with Crippen LogP contribution in [0.5, 0.6) is 5.75 Å². The van der Waals surface area contributed by atoms with E-state index in [0.717, 1.165) is 23.4 Å². The van der Waals surface area contributed by atoms with E-state index in [0.29, 0.717) is 18.7 Å². The van der Waals surface area contributed by atoms with Gasteiger partial charge in [-0.25, -0.2) is 8.78 Å². The van der Waals surface area contributed by atoms with Gasteiger partial charge in [0.2, 0.25) is 0 Å². The van der Waals surface area contributed by atoms with E-state index < -0.39 is 11.6 Å². The van der Waals surface area contributed by atoms with E-state index in [1.54, 1.807) is 6.08 Å². The molecule has 0 saturated carbocycles. The van der Waals surface area contributed by atoms with Crippen molar-refractivity contribution in [3.05, 3.63) is 77.9 Å². The minimum atomic E-state index is -0.433. The van der Waals surface area contributed by atoms with Crippen LogP contribution in [0.4, 0.5) is 8.78 Å². The molecule has 0 atom stereocenters. The highest BCUT2D eigenvalue weighted by atomic mass is 19.1. The Morgan fingerprint density at radius 2 is 1.81 bits per heavy atom. The lowest BCUT2D eigenvalue weighted by Crippen LogP contribution is -2.13. The van der Waals surface area contributed by atoms with E-state index in [1.165, 1.54) is 6.07 Å². The summed E-state index contributed by atoms with van der Waals surface area (Å²) in [5.41, 5.74) is 1.36. The van der Waals surface area contributed by atoms with Gasteiger partial charge in [0.1, 0.15) is 24.0 Å². The lowest BCUT2D eigenvalue weighted by atomic mass is 10.2. The van der Waals surface area contributed by atoms with Crippen LogP contribution in [0.25, 0.3) is 0 Å². The first kappa shape index (κ1) is 15.2. The molecule has 0 aliphatic carbocycles. The van der Waals surface area contributed by atoms with Crippen LogP contribution in [-0.2, 0) is 13.1 Å². The number of rotatable bonds is 7. The fourth-order valence-corrected chi connectivity index (χ4v) is 1.88. The Kier molecular flexibility index (Phi) is 5.46. The average Bonchev–Trinajstić information content (AvgIpc) is 2.50. The summed E-state index contributed by atoms with van der Waals surface area (Å²) in [5, 5.41) is 3.09. The third-order valence-corrected chi connectivity index (χ3v) is 2.94. The summed E-state index contributed by atoms with van der Waals surface area (Å²) in [6, 6.07) is 11.0. The van der Waals surface area contributed by atoms with Crippen LogP contribution < -0.4 is 10.1 Å². The Hall–Kier alpha value is -2.20. The zero-order chi connectivity index (χ0) is 15.1. The Morgan fingerprint density at radius 1 is 1.05 bits per heavy atom. The molecule has 0 aliphatic rings. The first-order valence-corrected chi connectivity index (χ1v) is 6.66. The Labute approximate surface area is 123 Å². The van der Waals surface area contributed by atoms with Crippen molar-refractivity contribution in [2.45, 2.75) is 13.1 Å². The van der Waals surface area contributed by atoms with Gasteiger partial charge in [-0.15, -0.1) is 0 Å². The Balaban J connectivity index is 1.85. The standard InChI is InChI=1S/C17H17F2NO/c1-2-9-21-16-6-3-13(4-7-16)11-20-12-14-10-15(18)5-8-17(14)19/h2-8,10,20H,1,9,11-12H2. The number of halogens is 2. The van der Waals surface area contributed by atoms with Crippen molar-refractivity contribution in [1.29, 1.82) is 0 Å². The SMILES string of the molecule is C=CCOc1ccc(CNCc2cc(F)ccc2F)cc1. The molecule has 2 aromatic carbocycles. The lowest BCUT2D eigenvalue weighted by molar-refractivity contribution is 0.363. The van der Waals surface area contributed by atoms with E-state index in [-0.39, 0.29) is 6.54 Å². The topological polar surface area (TPSA) is 21.3 Å². The quantitative estimate of drug-likeness (QED) is 0.782. The monoisotopic (exact) mass is 289 g/mol. The summed E-state index contributed by atoms with van der Waals surface area (Å²) >= 11 is 0. The van der Waals surface area contributed by atoms with Crippen molar-refractivity contribution in [3.8, 4) is 5.75 Å². The highest BCUT2D eigenvalue weighted by Crippen LogP contribution is 2.13. The fourth-order valence-electron chi connectivity index (χ4n) is 1.88. The van der Waals surface area contributed by atoms with Crippen LogP contribution >= 0.6 is 0 Å². The molecular weight excluding hydrogens is 272 g/mol. The van der Waals surface area contributed by atoms with Gasteiger partial charge < -0.3 is 10.1 Å². The highest BCUT2D eigenvalue weighted by molar-refractivity contribution is 5.27. The molecule has 2 rings (SSSR count). The number of ether oxygens (including phenoxy) is 1. The molecule has 0 amide bonds. The second-order valence-electron chi connectivity index (χ2n) is 4.58. The maximum Gasteiger partial charge on any atom is 0.127 e. The molecule has 2 aromatic rings. The highest BCUT2D eigenvalue weighted by Gasteiger charge is 2.03. The van der Waals surface area contributed by atoms with Crippen LogP contribution in [0, 0.1) is 11.6 Å². The van der Waals surface area contributed by atoms with Crippen LogP contribution in [-0.4, -0.2) is 6.61 Å². The van der Waals surface area contributed by atoms with Gasteiger partial charge >= 0.3 is 0 Å². The molecule has 4 heteroatoms. The molecule has 0 aromatic heterocycles. The Morgan fingerprint density at radius 3 is 2.52 bits per heavy atom. The van der Waals surface area contributed by atoms with E-state index in [1.807, 2.05) is 24.3 Å². The molecule has 0 saturated heterocycles. The zero-order valence-electron chi connectivity index (χ0n) is 11.6. The van der Waals surface area contributed by atoms with Crippen molar-refractivity contribution >= 4 is 0 Å². The molecule has 0 spiro atoms. The second kappa shape index (κ2) is 7.55. The van der Waals surface area contributed by atoms with Crippen LogP contribution in [0.15, 0.2) is 55.1 Å². The van der Waals surface area contributed by atoms with Gasteiger partial charge in [-0.3, -0.25) is 0 Å². The normalized spacial score (nSPS) is 10.4. The number of hydrogen-bond donors (Lipinski definition) is 1. The summed E-state index contributed by atoms with van der Waals surface area (Å²) < 4.78 is 31.8. The van der Waals surface area contributed by atoms with Gasteiger partial charge in [-0.1, -0.05) is 24.8 Å².